The molecule has 0 bridgehead atoms. The molecule has 0 atom stereocenters. The largest absolute Gasteiger partial charge is 0.353 e. The average Bonchev–Trinajstić information content (AvgIpc) is 3.07. The van der Waals surface area contributed by atoms with Crippen LogP contribution in [-0.4, -0.2) is 32.0 Å². The van der Waals surface area contributed by atoms with Crippen LogP contribution in [0.2, 0.25) is 0 Å². The van der Waals surface area contributed by atoms with E-state index in [4.69, 9.17) is 0 Å². The summed E-state index contributed by atoms with van der Waals surface area (Å²) in [6.07, 6.45) is 5.18. The normalized spacial score (nSPS) is 10.9. The number of anilines is 1. The first-order chi connectivity index (χ1) is 11.8. The van der Waals surface area contributed by atoms with E-state index in [0.717, 1.165) is 28.3 Å². The molecule has 3 aromatic heterocycles. The van der Waals surface area contributed by atoms with Crippen LogP contribution in [0.5, 0.6) is 0 Å². The van der Waals surface area contributed by atoms with Crippen molar-refractivity contribution in [2.24, 2.45) is 0 Å². The van der Waals surface area contributed by atoms with E-state index in [1.807, 2.05) is 55.7 Å². The number of hydrogen-bond donors (Lipinski definition) is 1. The van der Waals surface area contributed by atoms with Crippen LogP contribution in [0.15, 0.2) is 61.2 Å². The van der Waals surface area contributed by atoms with Gasteiger partial charge in [-0.3, -0.25) is 4.98 Å². The van der Waals surface area contributed by atoms with Gasteiger partial charge in [0.15, 0.2) is 11.5 Å². The zero-order valence-electron chi connectivity index (χ0n) is 13.2. The fourth-order valence-corrected chi connectivity index (χ4v) is 2.68. The van der Waals surface area contributed by atoms with E-state index in [1.54, 1.807) is 12.5 Å². The van der Waals surface area contributed by atoms with Crippen molar-refractivity contribution < 1.29 is 0 Å². The second kappa shape index (κ2) is 6.08. The van der Waals surface area contributed by atoms with Crippen molar-refractivity contribution in [1.82, 2.24) is 24.9 Å². The van der Waals surface area contributed by atoms with Gasteiger partial charge in [-0.1, -0.05) is 36.4 Å². The van der Waals surface area contributed by atoms with Gasteiger partial charge in [-0.15, -0.1) is 0 Å². The van der Waals surface area contributed by atoms with E-state index in [2.05, 4.69) is 29.8 Å². The van der Waals surface area contributed by atoms with Gasteiger partial charge < -0.3 is 9.88 Å². The number of pyridine rings is 1. The zero-order valence-corrected chi connectivity index (χ0v) is 13.2. The number of hydrogen-bond acceptors (Lipinski definition) is 5. The van der Waals surface area contributed by atoms with Gasteiger partial charge in [0.25, 0.3) is 0 Å². The molecule has 6 nitrogen and oxygen atoms in total. The lowest BCUT2D eigenvalue weighted by atomic mass is 10.2. The molecule has 0 spiro atoms. The van der Waals surface area contributed by atoms with E-state index >= 15 is 0 Å². The molecule has 0 aliphatic carbocycles. The molecule has 0 unspecified atom stereocenters. The lowest BCUT2D eigenvalue weighted by molar-refractivity contribution is 0.892. The van der Waals surface area contributed by atoms with Crippen LogP contribution in [-0.2, 0) is 6.54 Å². The molecule has 0 amide bonds. The minimum Gasteiger partial charge on any atom is -0.353 e. The molecule has 0 fully saturated rings. The van der Waals surface area contributed by atoms with Gasteiger partial charge in [-0.2, -0.15) is 0 Å². The molecule has 4 aromatic rings. The highest BCUT2D eigenvalue weighted by Gasteiger charge is 2.14. The SMILES string of the molecule is CN(Cc1cccnc1)c1ncnc2nc(-c3ccccc3)[nH]c12. The van der Waals surface area contributed by atoms with Gasteiger partial charge in [0.05, 0.1) is 0 Å². The number of nitrogens with one attached hydrogen (secondary N) is 1. The Morgan fingerprint density at radius 3 is 2.71 bits per heavy atom. The molecule has 3 heterocycles. The second-order valence-corrected chi connectivity index (χ2v) is 5.56. The predicted molar refractivity (Wildman–Crippen MR) is 93.5 cm³/mol. The number of aromatic nitrogens is 5. The van der Waals surface area contributed by atoms with Crippen molar-refractivity contribution in [3.8, 4) is 11.4 Å². The Hall–Kier alpha value is -3.28. The third kappa shape index (κ3) is 2.69. The molecule has 0 radical (unpaired) electrons. The van der Waals surface area contributed by atoms with Gasteiger partial charge in [-0.25, -0.2) is 15.0 Å². The van der Waals surface area contributed by atoms with Gasteiger partial charge in [0.1, 0.15) is 17.7 Å². The maximum absolute atomic E-state index is 4.59. The summed E-state index contributed by atoms with van der Waals surface area (Å²) in [6, 6.07) is 14.0. The summed E-state index contributed by atoms with van der Waals surface area (Å²) in [4.78, 5) is 22.9. The smallest absolute Gasteiger partial charge is 0.183 e. The molecule has 24 heavy (non-hydrogen) atoms. The quantitative estimate of drug-likeness (QED) is 0.626. The van der Waals surface area contributed by atoms with Crippen molar-refractivity contribution >= 4 is 17.0 Å². The summed E-state index contributed by atoms with van der Waals surface area (Å²) in [5.41, 5.74) is 3.64. The summed E-state index contributed by atoms with van der Waals surface area (Å²) in [5.74, 6) is 1.61. The summed E-state index contributed by atoms with van der Waals surface area (Å²) in [5, 5.41) is 0. The Kier molecular flexibility index (Phi) is 3.63. The van der Waals surface area contributed by atoms with E-state index in [-0.39, 0.29) is 0 Å². The van der Waals surface area contributed by atoms with Crippen molar-refractivity contribution in [3.05, 3.63) is 66.7 Å². The lowest BCUT2D eigenvalue weighted by Gasteiger charge is -2.18. The Bertz CT molecular complexity index is 949. The van der Waals surface area contributed by atoms with Crippen LogP contribution in [0.1, 0.15) is 5.56 Å². The molecule has 1 aromatic carbocycles. The molecule has 0 aliphatic rings. The maximum atomic E-state index is 4.59. The first-order valence-corrected chi connectivity index (χ1v) is 7.67. The number of rotatable bonds is 4. The van der Waals surface area contributed by atoms with Gasteiger partial charge in [0, 0.05) is 31.5 Å². The number of imidazole rings is 1. The third-order valence-corrected chi connectivity index (χ3v) is 3.82. The van der Waals surface area contributed by atoms with Crippen molar-refractivity contribution in [3.63, 3.8) is 0 Å². The number of benzene rings is 1. The highest BCUT2D eigenvalue weighted by atomic mass is 15.2. The fraction of sp³-hybridized carbons (Fsp3) is 0.111. The highest BCUT2D eigenvalue weighted by Crippen LogP contribution is 2.25. The lowest BCUT2D eigenvalue weighted by Crippen LogP contribution is -2.18. The number of nitrogens with zero attached hydrogens (tertiary/aromatic N) is 5. The van der Waals surface area contributed by atoms with Crippen molar-refractivity contribution in [2.45, 2.75) is 6.54 Å². The molecule has 118 valence electrons. The van der Waals surface area contributed by atoms with Crippen molar-refractivity contribution in [1.29, 1.82) is 0 Å². The topological polar surface area (TPSA) is 70.6 Å². The Balaban J connectivity index is 1.72. The molecule has 1 N–H and O–H groups in total. The number of fused-ring (bicyclic) bond motifs is 1. The summed E-state index contributed by atoms with van der Waals surface area (Å²) >= 11 is 0. The Labute approximate surface area is 139 Å². The number of aromatic amines is 1. The van der Waals surface area contributed by atoms with Gasteiger partial charge in [0.2, 0.25) is 0 Å². The first-order valence-electron chi connectivity index (χ1n) is 7.67. The molecule has 0 aliphatic heterocycles. The molecule has 0 saturated heterocycles. The van der Waals surface area contributed by atoms with Crippen LogP contribution in [0.25, 0.3) is 22.6 Å². The second-order valence-electron chi connectivity index (χ2n) is 5.56. The van der Waals surface area contributed by atoms with Crippen LogP contribution < -0.4 is 4.90 Å². The molecular formula is C18H16N6. The predicted octanol–water partition coefficient (Wildman–Crippen LogP) is 3.05. The molecule has 4 rings (SSSR count). The first kappa shape index (κ1) is 14.3. The highest BCUT2D eigenvalue weighted by molar-refractivity contribution is 5.85. The summed E-state index contributed by atoms with van der Waals surface area (Å²) in [6.45, 7) is 0.708. The standard InChI is InChI=1S/C18H16N6/c1-24(11-13-6-5-9-19-10-13)18-15-17(20-12-21-18)23-16(22-15)14-7-3-2-4-8-14/h2-10,12H,11H2,1H3,(H,20,21,22,23). The summed E-state index contributed by atoms with van der Waals surface area (Å²) in [7, 11) is 2.00. The molecule has 0 saturated carbocycles. The van der Waals surface area contributed by atoms with Crippen LogP contribution >= 0.6 is 0 Å². The molecular weight excluding hydrogens is 300 g/mol. The van der Waals surface area contributed by atoms with E-state index < -0.39 is 0 Å². The fourth-order valence-electron chi connectivity index (χ4n) is 2.68. The van der Waals surface area contributed by atoms with E-state index in [0.29, 0.717) is 12.2 Å². The minimum atomic E-state index is 0.664. The van der Waals surface area contributed by atoms with Crippen LogP contribution in [0, 0.1) is 0 Å². The molecule has 6 heteroatoms. The van der Waals surface area contributed by atoms with Crippen molar-refractivity contribution in [2.75, 3.05) is 11.9 Å². The minimum absolute atomic E-state index is 0.664. The van der Waals surface area contributed by atoms with E-state index in [9.17, 15) is 0 Å². The van der Waals surface area contributed by atoms with E-state index in [1.165, 1.54) is 0 Å². The third-order valence-electron chi connectivity index (χ3n) is 3.82. The Morgan fingerprint density at radius 1 is 1.04 bits per heavy atom. The maximum Gasteiger partial charge on any atom is 0.183 e. The van der Waals surface area contributed by atoms with Crippen LogP contribution in [0.4, 0.5) is 5.82 Å². The Morgan fingerprint density at radius 2 is 1.92 bits per heavy atom. The summed E-state index contributed by atoms with van der Waals surface area (Å²) < 4.78 is 0. The van der Waals surface area contributed by atoms with Gasteiger partial charge in [-0.05, 0) is 11.6 Å². The van der Waals surface area contributed by atoms with Gasteiger partial charge >= 0.3 is 0 Å². The number of H-pyrrole nitrogens is 1. The monoisotopic (exact) mass is 316 g/mol. The zero-order chi connectivity index (χ0) is 16.4. The average molecular weight is 316 g/mol. The van der Waals surface area contributed by atoms with Crippen LogP contribution in [0.3, 0.4) is 0 Å².